The van der Waals surface area contributed by atoms with Crippen molar-refractivity contribution in [1.29, 1.82) is 0 Å². The molecule has 0 radical (unpaired) electrons. The molecule has 0 saturated carbocycles. The Morgan fingerprint density at radius 2 is 2.44 bits per heavy atom. The Balaban J connectivity index is 0.000000640. The topological polar surface area (TPSA) is 65.9 Å². The number of aromatic carboxylic acids is 1. The van der Waals surface area contributed by atoms with Crippen molar-refractivity contribution in [3.05, 3.63) is 11.3 Å². The molecule has 0 aromatic carbocycles. The largest absolute Gasteiger partial charge is 1.00 e. The molecule has 0 spiro atoms. The van der Waals surface area contributed by atoms with E-state index >= 15 is 0 Å². The van der Waals surface area contributed by atoms with Crippen LogP contribution < -0.4 is 24.0 Å². The van der Waals surface area contributed by atoms with Crippen LogP contribution in [0.1, 0.15) is 10.6 Å². The minimum absolute atomic E-state index is 0. The maximum Gasteiger partial charge on any atom is 1.00 e. The van der Waals surface area contributed by atoms with Gasteiger partial charge >= 0.3 is 18.9 Å². The van der Waals surface area contributed by atoms with E-state index in [1.54, 1.807) is 0 Å². The van der Waals surface area contributed by atoms with Gasteiger partial charge in [0.15, 0.2) is 5.82 Å². The number of carboxylic acids is 1. The number of nitrogens with zero attached hydrogens (tertiary/aromatic N) is 2. The zero-order valence-electron chi connectivity index (χ0n) is 4.70. The van der Waals surface area contributed by atoms with Crippen molar-refractivity contribution in [2.75, 3.05) is 0 Å². The van der Waals surface area contributed by atoms with Crippen LogP contribution in [0.25, 0.3) is 0 Å². The summed E-state index contributed by atoms with van der Waals surface area (Å²) in [6.45, 7) is 0. The summed E-state index contributed by atoms with van der Waals surface area (Å²) >= 11 is 0.986. The Morgan fingerprint density at radius 1 is 1.78 bits per heavy atom. The van der Waals surface area contributed by atoms with E-state index in [1.807, 2.05) is 0 Å². The number of rotatable bonds is 1. The van der Waals surface area contributed by atoms with Crippen LogP contribution in [0.2, 0.25) is 0 Å². The van der Waals surface area contributed by atoms with Gasteiger partial charge in [-0.05, 0) is 11.5 Å². The minimum Gasteiger partial charge on any atom is -0.541 e. The van der Waals surface area contributed by atoms with E-state index in [2.05, 4.69) is 9.36 Å². The van der Waals surface area contributed by atoms with Crippen molar-refractivity contribution >= 4 is 17.5 Å². The average molecular weight is 136 g/mol. The van der Waals surface area contributed by atoms with Gasteiger partial charge in [0, 0.05) is 0 Å². The number of carbonyl (C=O) groups excluding carboxylic acids is 1. The molecule has 0 fully saturated rings. The molecule has 0 atom stereocenters. The fourth-order valence-corrected chi connectivity index (χ4v) is 0.676. The summed E-state index contributed by atoms with van der Waals surface area (Å²) in [5.41, 5.74) is 1.34. The number of aromatic nitrogens is 2. The second-order valence-electron chi connectivity index (χ2n) is 1.04. The van der Waals surface area contributed by atoms with E-state index < -0.39 is 5.97 Å². The van der Waals surface area contributed by atoms with E-state index in [0.29, 0.717) is 0 Å². The summed E-state index contributed by atoms with van der Waals surface area (Å²) in [6, 6.07) is 0. The van der Waals surface area contributed by atoms with Crippen LogP contribution in [0.3, 0.4) is 0 Å². The van der Waals surface area contributed by atoms with E-state index in [0.717, 1.165) is 11.5 Å². The first-order valence-electron chi connectivity index (χ1n) is 1.78. The zero-order valence-corrected chi connectivity index (χ0v) is 5.51. The molecule has 0 aliphatic heterocycles. The maximum absolute atomic E-state index is 9.83. The summed E-state index contributed by atoms with van der Waals surface area (Å²) in [5.74, 6) is -1.57. The van der Waals surface area contributed by atoms with Gasteiger partial charge in [0.25, 0.3) is 0 Å². The summed E-state index contributed by atoms with van der Waals surface area (Å²) in [4.78, 5) is 13.2. The molecular formula is C3HLiN2O2S. The van der Waals surface area contributed by atoms with Crippen molar-refractivity contribution in [2.45, 2.75) is 0 Å². The molecule has 1 rings (SSSR count). The maximum atomic E-state index is 9.83. The van der Waals surface area contributed by atoms with Crippen molar-refractivity contribution in [3.8, 4) is 0 Å². The third-order valence-electron chi connectivity index (χ3n) is 0.544. The van der Waals surface area contributed by atoms with Gasteiger partial charge in [-0.3, -0.25) is 0 Å². The molecule has 0 saturated heterocycles. The number of carboxylic acid groups (broad SMARTS) is 1. The van der Waals surface area contributed by atoms with Gasteiger partial charge in [-0.15, -0.1) is 0 Å². The molecule has 0 amide bonds. The fraction of sp³-hybridized carbons (Fsp3) is 0. The standard InChI is InChI=1S/C3H2N2O2S.Li/c6-3(7)2-4-1-8-5-2;/h1H,(H,6,7);/q;+1/p-1. The van der Waals surface area contributed by atoms with E-state index in [9.17, 15) is 9.90 Å². The first kappa shape index (κ1) is 8.63. The van der Waals surface area contributed by atoms with Gasteiger partial charge in [-0.25, -0.2) is 4.98 Å². The van der Waals surface area contributed by atoms with Crippen molar-refractivity contribution < 1.29 is 28.8 Å². The summed E-state index contributed by atoms with van der Waals surface area (Å²) < 4.78 is 3.38. The smallest absolute Gasteiger partial charge is 0.541 e. The Labute approximate surface area is 67.3 Å². The van der Waals surface area contributed by atoms with Gasteiger partial charge in [-0.1, -0.05) is 0 Å². The van der Waals surface area contributed by atoms with Crippen LogP contribution in [0.15, 0.2) is 5.51 Å². The number of hydrogen-bond acceptors (Lipinski definition) is 5. The molecule has 0 aliphatic rings. The molecule has 0 N–H and O–H groups in total. The van der Waals surface area contributed by atoms with Gasteiger partial charge in [-0.2, -0.15) is 4.37 Å². The molecular weight excluding hydrogens is 135 g/mol. The Kier molecular flexibility index (Phi) is 3.46. The molecule has 0 aliphatic carbocycles. The molecule has 42 valence electrons. The van der Waals surface area contributed by atoms with Crippen molar-refractivity contribution in [1.82, 2.24) is 9.36 Å². The van der Waals surface area contributed by atoms with E-state index in [-0.39, 0.29) is 24.7 Å². The molecule has 1 heterocycles. The van der Waals surface area contributed by atoms with Crippen molar-refractivity contribution in [3.63, 3.8) is 0 Å². The van der Waals surface area contributed by atoms with Gasteiger partial charge in [0.1, 0.15) is 11.5 Å². The van der Waals surface area contributed by atoms with Gasteiger partial charge < -0.3 is 9.90 Å². The zero-order chi connectivity index (χ0) is 5.98. The van der Waals surface area contributed by atoms with Crippen LogP contribution in [-0.4, -0.2) is 15.3 Å². The van der Waals surface area contributed by atoms with Crippen LogP contribution in [0.4, 0.5) is 0 Å². The van der Waals surface area contributed by atoms with Crippen LogP contribution in [0, 0.1) is 0 Å². The molecule has 1 aromatic heterocycles. The molecule has 9 heavy (non-hydrogen) atoms. The molecule has 1 aromatic rings. The summed E-state index contributed by atoms with van der Waals surface area (Å²) in [6.07, 6.45) is 0. The minimum atomic E-state index is -1.33. The second-order valence-corrected chi connectivity index (χ2v) is 1.65. The summed E-state index contributed by atoms with van der Waals surface area (Å²) in [7, 11) is 0. The van der Waals surface area contributed by atoms with Gasteiger partial charge in [0.2, 0.25) is 0 Å². The third kappa shape index (κ3) is 2.14. The first-order valence-corrected chi connectivity index (χ1v) is 2.62. The molecule has 0 unspecified atom stereocenters. The first-order chi connectivity index (χ1) is 3.80. The second kappa shape index (κ2) is 3.61. The monoisotopic (exact) mass is 136 g/mol. The Bertz CT molecular complexity index is 188. The quantitative estimate of drug-likeness (QED) is 0.368. The van der Waals surface area contributed by atoms with Crippen LogP contribution >= 0.6 is 11.5 Å². The third-order valence-corrected chi connectivity index (χ3v) is 1.02. The molecule has 4 nitrogen and oxygen atoms in total. The summed E-state index contributed by atoms with van der Waals surface area (Å²) in [5, 5.41) is 9.83. The van der Waals surface area contributed by atoms with Gasteiger partial charge in [0.05, 0.1) is 0 Å². The van der Waals surface area contributed by atoms with Crippen LogP contribution in [0.5, 0.6) is 0 Å². The Hall–Kier alpha value is -0.373. The predicted octanol–water partition coefficient (Wildman–Crippen LogP) is -4.09. The van der Waals surface area contributed by atoms with Crippen LogP contribution in [-0.2, 0) is 0 Å². The van der Waals surface area contributed by atoms with E-state index in [4.69, 9.17) is 0 Å². The normalized spacial score (nSPS) is 8.00. The van der Waals surface area contributed by atoms with Crippen molar-refractivity contribution in [2.24, 2.45) is 0 Å². The molecule has 6 heteroatoms. The number of carbonyl (C=O) groups is 1. The Morgan fingerprint density at radius 3 is 2.67 bits per heavy atom. The SMILES string of the molecule is O=C([O-])c1ncsn1.[Li+]. The fourth-order valence-electron chi connectivity index (χ4n) is 0.261. The predicted molar refractivity (Wildman–Crippen MR) is 24.2 cm³/mol. The average Bonchev–Trinajstić information content (AvgIpc) is 2.12. The number of hydrogen-bond donors (Lipinski definition) is 0. The van der Waals surface area contributed by atoms with E-state index in [1.165, 1.54) is 5.51 Å². The molecule has 0 bridgehead atoms.